The number of aryl methyl sites for hydroxylation is 3. The van der Waals surface area contributed by atoms with Gasteiger partial charge < -0.3 is 14.1 Å². The topological polar surface area (TPSA) is 42.7 Å². The molecule has 0 aliphatic heterocycles. The van der Waals surface area contributed by atoms with Crippen molar-refractivity contribution in [3.63, 3.8) is 0 Å². The van der Waals surface area contributed by atoms with Crippen LogP contribution in [0.2, 0.25) is 0 Å². The smallest absolute Gasteiger partial charge is 0.246 e. The Bertz CT molecular complexity index is 839. The summed E-state index contributed by atoms with van der Waals surface area (Å²) in [6, 6.07) is 2.10. The maximum Gasteiger partial charge on any atom is 0.246 e. The van der Waals surface area contributed by atoms with Gasteiger partial charge in [-0.2, -0.15) is 0 Å². The molecule has 0 saturated carbocycles. The van der Waals surface area contributed by atoms with Crippen molar-refractivity contribution in [3.8, 4) is 5.75 Å². The van der Waals surface area contributed by atoms with Crippen LogP contribution in [-0.2, 0) is 4.79 Å². The minimum atomic E-state index is 0.0662. The SMILES string of the molecule is CCCN(CCC)C(=O)/C=C(\C)c1cc2c(C)c(C)oc2c(C)c1OCC. The summed E-state index contributed by atoms with van der Waals surface area (Å²) >= 11 is 0. The molecule has 0 radical (unpaired) electrons. The summed E-state index contributed by atoms with van der Waals surface area (Å²) in [7, 11) is 0. The van der Waals surface area contributed by atoms with Gasteiger partial charge in [-0.25, -0.2) is 0 Å². The average Bonchev–Trinajstić information content (AvgIpc) is 2.92. The van der Waals surface area contributed by atoms with E-state index >= 15 is 0 Å². The molecule has 27 heavy (non-hydrogen) atoms. The highest BCUT2D eigenvalue weighted by Gasteiger charge is 2.19. The first-order valence-electron chi connectivity index (χ1n) is 9.99. The van der Waals surface area contributed by atoms with Gasteiger partial charge in [0, 0.05) is 35.7 Å². The third-order valence-corrected chi connectivity index (χ3v) is 5.00. The predicted molar refractivity (Wildman–Crippen MR) is 112 cm³/mol. The first-order chi connectivity index (χ1) is 12.8. The maximum atomic E-state index is 12.8. The molecule has 0 aliphatic carbocycles. The Kier molecular flexibility index (Phi) is 7.11. The van der Waals surface area contributed by atoms with Gasteiger partial charge in [-0.3, -0.25) is 4.79 Å². The summed E-state index contributed by atoms with van der Waals surface area (Å²) in [6.45, 7) is 16.4. The van der Waals surface area contributed by atoms with E-state index in [0.717, 1.165) is 70.7 Å². The Morgan fingerprint density at radius 3 is 2.30 bits per heavy atom. The Balaban J connectivity index is 2.56. The molecule has 0 fully saturated rings. The molecule has 0 saturated heterocycles. The van der Waals surface area contributed by atoms with E-state index in [9.17, 15) is 4.79 Å². The fourth-order valence-corrected chi connectivity index (χ4v) is 3.46. The molecule has 2 aromatic rings. The van der Waals surface area contributed by atoms with Crippen LogP contribution in [0, 0.1) is 20.8 Å². The second-order valence-electron chi connectivity index (χ2n) is 7.12. The monoisotopic (exact) mass is 371 g/mol. The van der Waals surface area contributed by atoms with Crippen LogP contribution in [0.1, 0.15) is 63.0 Å². The van der Waals surface area contributed by atoms with Crippen LogP contribution in [0.25, 0.3) is 16.5 Å². The molecule has 0 bridgehead atoms. The molecule has 1 amide bonds. The van der Waals surface area contributed by atoms with Gasteiger partial charge in [-0.1, -0.05) is 13.8 Å². The average molecular weight is 372 g/mol. The molecule has 148 valence electrons. The van der Waals surface area contributed by atoms with Crippen molar-refractivity contribution in [2.24, 2.45) is 0 Å². The fraction of sp³-hybridized carbons (Fsp3) is 0.522. The molecule has 1 aromatic heterocycles. The van der Waals surface area contributed by atoms with Gasteiger partial charge in [0.15, 0.2) is 0 Å². The number of hydrogen-bond acceptors (Lipinski definition) is 3. The molecule has 4 nitrogen and oxygen atoms in total. The summed E-state index contributed by atoms with van der Waals surface area (Å²) in [5, 5.41) is 1.09. The number of furan rings is 1. The standard InChI is InChI=1S/C23H33NO3/c1-8-11-24(12-9-2)21(25)13-15(4)19-14-20-16(5)18(7)27-23(20)17(6)22(19)26-10-3/h13-14H,8-12H2,1-7H3/b15-13+. The number of benzene rings is 1. The highest BCUT2D eigenvalue weighted by molar-refractivity contribution is 5.98. The van der Waals surface area contributed by atoms with Gasteiger partial charge in [0.2, 0.25) is 5.91 Å². The van der Waals surface area contributed by atoms with Crippen molar-refractivity contribution in [1.29, 1.82) is 0 Å². The van der Waals surface area contributed by atoms with Crippen molar-refractivity contribution < 1.29 is 13.9 Å². The number of rotatable bonds is 8. The van der Waals surface area contributed by atoms with Gasteiger partial charge in [-0.15, -0.1) is 0 Å². The van der Waals surface area contributed by atoms with Crippen LogP contribution in [0.15, 0.2) is 16.6 Å². The molecular formula is C23H33NO3. The van der Waals surface area contributed by atoms with Crippen LogP contribution in [-0.4, -0.2) is 30.5 Å². The fourth-order valence-electron chi connectivity index (χ4n) is 3.46. The zero-order chi connectivity index (χ0) is 20.1. The molecule has 4 heteroatoms. The second-order valence-corrected chi connectivity index (χ2v) is 7.12. The number of ether oxygens (including phenoxy) is 1. The lowest BCUT2D eigenvalue weighted by atomic mass is 9.98. The molecule has 0 aliphatic rings. The lowest BCUT2D eigenvalue weighted by molar-refractivity contribution is -0.126. The number of nitrogens with zero attached hydrogens (tertiary/aromatic N) is 1. The molecule has 2 rings (SSSR count). The summed E-state index contributed by atoms with van der Waals surface area (Å²) in [4.78, 5) is 14.7. The van der Waals surface area contributed by atoms with Crippen molar-refractivity contribution >= 4 is 22.4 Å². The summed E-state index contributed by atoms with van der Waals surface area (Å²) < 4.78 is 11.9. The Morgan fingerprint density at radius 1 is 1.11 bits per heavy atom. The normalized spacial score (nSPS) is 11.9. The van der Waals surface area contributed by atoms with Gasteiger partial charge in [0.1, 0.15) is 17.1 Å². The minimum absolute atomic E-state index is 0.0662. The van der Waals surface area contributed by atoms with Gasteiger partial charge in [-0.05, 0) is 64.7 Å². The van der Waals surface area contributed by atoms with Crippen molar-refractivity contribution in [2.45, 2.75) is 61.3 Å². The number of carbonyl (C=O) groups is 1. The molecule has 1 heterocycles. The maximum absolute atomic E-state index is 12.8. The minimum Gasteiger partial charge on any atom is -0.493 e. The van der Waals surface area contributed by atoms with E-state index in [-0.39, 0.29) is 5.91 Å². The summed E-state index contributed by atoms with van der Waals surface area (Å²) in [6.07, 6.45) is 3.67. The van der Waals surface area contributed by atoms with Crippen LogP contribution in [0.3, 0.4) is 0 Å². The highest BCUT2D eigenvalue weighted by Crippen LogP contribution is 2.38. The van der Waals surface area contributed by atoms with E-state index < -0.39 is 0 Å². The molecule has 0 spiro atoms. The van der Waals surface area contributed by atoms with Crippen LogP contribution >= 0.6 is 0 Å². The lowest BCUT2D eigenvalue weighted by Crippen LogP contribution is -2.31. The van der Waals surface area contributed by atoms with Crippen molar-refractivity contribution in [3.05, 3.63) is 34.6 Å². The van der Waals surface area contributed by atoms with E-state index in [4.69, 9.17) is 9.15 Å². The zero-order valence-electron chi connectivity index (χ0n) is 17.9. The highest BCUT2D eigenvalue weighted by atomic mass is 16.5. The van der Waals surface area contributed by atoms with Gasteiger partial charge in [0.05, 0.1) is 6.61 Å². The number of amides is 1. The quantitative estimate of drug-likeness (QED) is 0.550. The number of allylic oxidation sites excluding steroid dienone is 1. The van der Waals surface area contributed by atoms with E-state index in [2.05, 4.69) is 26.8 Å². The first-order valence-corrected chi connectivity index (χ1v) is 9.99. The third kappa shape index (κ3) is 4.37. The number of fused-ring (bicyclic) bond motifs is 1. The first kappa shape index (κ1) is 21.1. The molecule has 0 atom stereocenters. The van der Waals surface area contributed by atoms with Gasteiger partial charge in [0.25, 0.3) is 0 Å². The van der Waals surface area contributed by atoms with Crippen LogP contribution < -0.4 is 4.74 Å². The third-order valence-electron chi connectivity index (χ3n) is 5.00. The van der Waals surface area contributed by atoms with E-state index in [1.165, 1.54) is 0 Å². The van der Waals surface area contributed by atoms with E-state index in [0.29, 0.717) is 6.61 Å². The van der Waals surface area contributed by atoms with Crippen LogP contribution in [0.5, 0.6) is 5.75 Å². The lowest BCUT2D eigenvalue weighted by Gasteiger charge is -2.20. The van der Waals surface area contributed by atoms with E-state index in [1.54, 1.807) is 6.08 Å². The molecular weight excluding hydrogens is 338 g/mol. The largest absolute Gasteiger partial charge is 0.493 e. The Hall–Kier alpha value is -2.23. The van der Waals surface area contributed by atoms with E-state index in [1.807, 2.05) is 32.6 Å². The molecule has 1 aromatic carbocycles. The zero-order valence-corrected chi connectivity index (χ0v) is 17.9. The number of carbonyl (C=O) groups excluding carboxylic acids is 1. The van der Waals surface area contributed by atoms with Gasteiger partial charge >= 0.3 is 0 Å². The summed E-state index contributed by atoms with van der Waals surface area (Å²) in [5.74, 6) is 1.79. The molecule has 0 unspecified atom stereocenters. The van der Waals surface area contributed by atoms with Crippen LogP contribution in [0.4, 0.5) is 0 Å². The van der Waals surface area contributed by atoms with Crippen molar-refractivity contribution in [1.82, 2.24) is 4.90 Å². The predicted octanol–water partition coefficient (Wildman–Crippen LogP) is 5.81. The second kappa shape index (κ2) is 9.12. The van der Waals surface area contributed by atoms with Crippen molar-refractivity contribution in [2.75, 3.05) is 19.7 Å². The molecule has 0 N–H and O–H groups in total. The Morgan fingerprint density at radius 2 is 1.74 bits per heavy atom. The Labute approximate surface area is 163 Å². The number of hydrogen-bond donors (Lipinski definition) is 0. The summed E-state index contributed by atoms with van der Waals surface area (Å²) in [5.41, 5.74) is 4.88.